The van der Waals surface area contributed by atoms with Crippen LogP contribution in [0, 0.1) is 12.3 Å². The third kappa shape index (κ3) is 2.72. The molecule has 1 aromatic carbocycles. The summed E-state index contributed by atoms with van der Waals surface area (Å²) in [5.74, 6) is -0.554. The van der Waals surface area contributed by atoms with Crippen LogP contribution in [-0.2, 0) is 14.3 Å². The van der Waals surface area contributed by atoms with Gasteiger partial charge in [0.15, 0.2) is 0 Å². The van der Waals surface area contributed by atoms with Gasteiger partial charge < -0.3 is 4.74 Å². The summed E-state index contributed by atoms with van der Waals surface area (Å²) >= 11 is 0. The standard InChI is InChI=1S/C17H21NO3/c1-12-4-2-5-13(10-12)15-16(20)18-14(19)11-17(15)6-3-8-21-9-7-17/h2,4-5,10,15H,3,6-9,11H2,1H3,(H,18,19,20). The minimum atomic E-state index is -0.288. The highest BCUT2D eigenvalue weighted by molar-refractivity contribution is 6.02. The van der Waals surface area contributed by atoms with Gasteiger partial charge in [-0.05, 0) is 37.2 Å². The monoisotopic (exact) mass is 287 g/mol. The summed E-state index contributed by atoms with van der Waals surface area (Å²) in [5.41, 5.74) is 1.86. The summed E-state index contributed by atoms with van der Waals surface area (Å²) in [6, 6.07) is 8.07. The molecule has 0 aromatic heterocycles. The number of ether oxygens (including phenoxy) is 1. The third-order valence-corrected chi connectivity index (χ3v) is 4.73. The summed E-state index contributed by atoms with van der Waals surface area (Å²) in [6.45, 7) is 3.37. The lowest BCUT2D eigenvalue weighted by Gasteiger charge is -2.42. The van der Waals surface area contributed by atoms with Crippen molar-refractivity contribution in [1.29, 1.82) is 0 Å². The van der Waals surface area contributed by atoms with Gasteiger partial charge in [-0.2, -0.15) is 0 Å². The number of aryl methyl sites for hydroxylation is 1. The Hall–Kier alpha value is -1.68. The zero-order valence-electron chi connectivity index (χ0n) is 12.4. The van der Waals surface area contributed by atoms with Crippen LogP contribution in [0.2, 0.25) is 0 Å². The Balaban J connectivity index is 2.03. The molecule has 0 bridgehead atoms. The molecular formula is C17H21NO3. The van der Waals surface area contributed by atoms with E-state index in [0.29, 0.717) is 13.0 Å². The minimum Gasteiger partial charge on any atom is -0.381 e. The second kappa shape index (κ2) is 5.60. The van der Waals surface area contributed by atoms with Gasteiger partial charge in [0.1, 0.15) is 0 Å². The van der Waals surface area contributed by atoms with Gasteiger partial charge in [0.05, 0.1) is 5.92 Å². The molecular weight excluding hydrogens is 266 g/mol. The van der Waals surface area contributed by atoms with Crippen molar-refractivity contribution in [3.8, 4) is 0 Å². The van der Waals surface area contributed by atoms with Gasteiger partial charge in [0, 0.05) is 19.6 Å². The third-order valence-electron chi connectivity index (χ3n) is 4.73. The number of nitrogens with one attached hydrogen (secondary N) is 1. The average Bonchev–Trinajstić information content (AvgIpc) is 2.64. The molecule has 2 atom stereocenters. The van der Waals surface area contributed by atoms with Gasteiger partial charge in [0.2, 0.25) is 11.8 Å². The Bertz CT molecular complexity index is 559. The van der Waals surface area contributed by atoms with Crippen LogP contribution < -0.4 is 5.32 Å². The summed E-state index contributed by atoms with van der Waals surface area (Å²) in [5, 5.41) is 2.52. The molecule has 1 N–H and O–H groups in total. The van der Waals surface area contributed by atoms with Crippen LogP contribution in [0.3, 0.4) is 0 Å². The molecule has 2 amide bonds. The van der Waals surface area contributed by atoms with E-state index in [9.17, 15) is 9.59 Å². The van der Waals surface area contributed by atoms with Crippen molar-refractivity contribution in [2.45, 2.75) is 38.5 Å². The molecule has 2 aliphatic rings. The Kier molecular flexibility index (Phi) is 3.81. The zero-order chi connectivity index (χ0) is 14.9. The first-order chi connectivity index (χ1) is 10.1. The largest absolute Gasteiger partial charge is 0.381 e. The highest BCUT2D eigenvalue weighted by atomic mass is 16.5. The molecule has 2 fully saturated rings. The Morgan fingerprint density at radius 3 is 2.90 bits per heavy atom. The van der Waals surface area contributed by atoms with Crippen molar-refractivity contribution in [2.75, 3.05) is 13.2 Å². The van der Waals surface area contributed by atoms with E-state index in [1.807, 2.05) is 25.1 Å². The molecule has 0 aliphatic carbocycles. The molecule has 3 rings (SSSR count). The fraction of sp³-hybridized carbons (Fsp3) is 0.529. The summed E-state index contributed by atoms with van der Waals surface area (Å²) in [6.07, 6.45) is 2.96. The van der Waals surface area contributed by atoms with Gasteiger partial charge in [-0.1, -0.05) is 29.8 Å². The number of benzene rings is 1. The van der Waals surface area contributed by atoms with Crippen LogP contribution in [0.1, 0.15) is 42.7 Å². The molecule has 0 saturated carbocycles. The van der Waals surface area contributed by atoms with Crippen molar-refractivity contribution in [2.24, 2.45) is 5.41 Å². The first kappa shape index (κ1) is 14.3. The van der Waals surface area contributed by atoms with E-state index in [4.69, 9.17) is 4.74 Å². The number of carbonyl (C=O) groups is 2. The van der Waals surface area contributed by atoms with Gasteiger partial charge in [-0.15, -0.1) is 0 Å². The van der Waals surface area contributed by atoms with E-state index >= 15 is 0 Å². The molecule has 112 valence electrons. The van der Waals surface area contributed by atoms with Crippen molar-refractivity contribution in [3.05, 3.63) is 35.4 Å². The highest BCUT2D eigenvalue weighted by Crippen LogP contribution is 2.49. The number of imide groups is 1. The van der Waals surface area contributed by atoms with Crippen LogP contribution in [0.25, 0.3) is 0 Å². The number of piperidine rings is 1. The summed E-state index contributed by atoms with van der Waals surface area (Å²) < 4.78 is 5.56. The topological polar surface area (TPSA) is 55.4 Å². The van der Waals surface area contributed by atoms with E-state index in [1.165, 1.54) is 0 Å². The van der Waals surface area contributed by atoms with Crippen LogP contribution >= 0.6 is 0 Å². The van der Waals surface area contributed by atoms with Gasteiger partial charge in [-0.25, -0.2) is 0 Å². The van der Waals surface area contributed by atoms with Gasteiger partial charge >= 0.3 is 0 Å². The molecule has 21 heavy (non-hydrogen) atoms. The van der Waals surface area contributed by atoms with Crippen LogP contribution in [0.4, 0.5) is 0 Å². The fourth-order valence-corrected chi connectivity index (χ4v) is 3.80. The molecule has 2 saturated heterocycles. The van der Waals surface area contributed by atoms with E-state index < -0.39 is 0 Å². The zero-order valence-corrected chi connectivity index (χ0v) is 12.4. The molecule has 1 aromatic rings. The average molecular weight is 287 g/mol. The normalized spacial score (nSPS) is 30.0. The first-order valence-corrected chi connectivity index (χ1v) is 7.59. The maximum absolute atomic E-state index is 12.5. The van der Waals surface area contributed by atoms with Crippen molar-refractivity contribution >= 4 is 11.8 Å². The molecule has 4 heteroatoms. The quantitative estimate of drug-likeness (QED) is 0.806. The lowest BCUT2D eigenvalue weighted by atomic mass is 9.63. The van der Waals surface area contributed by atoms with Gasteiger partial charge in [0.25, 0.3) is 0 Å². The minimum absolute atomic E-state index is 0.147. The molecule has 2 unspecified atom stereocenters. The maximum Gasteiger partial charge on any atom is 0.234 e. The Morgan fingerprint density at radius 1 is 1.24 bits per heavy atom. The SMILES string of the molecule is Cc1cccc(C2C(=O)NC(=O)CC23CCCOCC3)c1. The van der Waals surface area contributed by atoms with Crippen molar-refractivity contribution in [1.82, 2.24) is 5.32 Å². The van der Waals surface area contributed by atoms with Crippen molar-refractivity contribution in [3.63, 3.8) is 0 Å². The number of hydrogen-bond acceptors (Lipinski definition) is 3. The molecule has 2 heterocycles. The first-order valence-electron chi connectivity index (χ1n) is 7.59. The number of amides is 2. The summed E-state index contributed by atoms with van der Waals surface area (Å²) in [7, 11) is 0. The molecule has 1 spiro atoms. The van der Waals surface area contributed by atoms with E-state index in [2.05, 4.69) is 11.4 Å². The van der Waals surface area contributed by atoms with Crippen LogP contribution in [0.15, 0.2) is 24.3 Å². The maximum atomic E-state index is 12.5. The fourth-order valence-electron chi connectivity index (χ4n) is 3.80. The predicted octanol–water partition coefficient (Wildman–Crippen LogP) is 2.31. The Morgan fingerprint density at radius 2 is 2.10 bits per heavy atom. The predicted molar refractivity (Wildman–Crippen MR) is 78.8 cm³/mol. The van der Waals surface area contributed by atoms with Crippen molar-refractivity contribution < 1.29 is 14.3 Å². The van der Waals surface area contributed by atoms with Crippen LogP contribution in [-0.4, -0.2) is 25.0 Å². The van der Waals surface area contributed by atoms with E-state index in [-0.39, 0.29) is 23.1 Å². The second-order valence-electron chi connectivity index (χ2n) is 6.26. The summed E-state index contributed by atoms with van der Waals surface area (Å²) in [4.78, 5) is 24.5. The Labute approximate surface area is 124 Å². The number of rotatable bonds is 1. The molecule has 2 aliphatic heterocycles. The number of carbonyl (C=O) groups excluding carboxylic acids is 2. The van der Waals surface area contributed by atoms with Gasteiger partial charge in [-0.3, -0.25) is 14.9 Å². The number of hydrogen-bond donors (Lipinski definition) is 1. The molecule has 4 nitrogen and oxygen atoms in total. The van der Waals surface area contributed by atoms with E-state index in [1.54, 1.807) is 0 Å². The molecule has 0 radical (unpaired) electrons. The lowest BCUT2D eigenvalue weighted by Crippen LogP contribution is -2.51. The highest BCUT2D eigenvalue weighted by Gasteiger charge is 2.49. The smallest absolute Gasteiger partial charge is 0.234 e. The second-order valence-corrected chi connectivity index (χ2v) is 6.26. The van der Waals surface area contributed by atoms with Crippen LogP contribution in [0.5, 0.6) is 0 Å². The van der Waals surface area contributed by atoms with E-state index in [0.717, 1.165) is 37.0 Å². The lowest BCUT2D eigenvalue weighted by molar-refractivity contribution is -0.140.